The van der Waals surface area contributed by atoms with Crippen LogP contribution in [0.15, 0.2) is 6.20 Å². The van der Waals surface area contributed by atoms with Crippen LogP contribution in [-0.2, 0) is 4.79 Å². The van der Waals surface area contributed by atoms with Gasteiger partial charge in [-0.3, -0.25) is 14.9 Å². The SMILES string of the molecule is CC(CC(=O)O)N(c1nc(Cl)ncc1[N+](=O)[O-])C1CCCCC1. The Bertz CT molecular complexity index is 592. The predicted octanol–water partition coefficient (Wildman–Crippen LogP) is 3.04. The molecule has 0 amide bonds. The lowest BCUT2D eigenvalue weighted by Crippen LogP contribution is -2.45. The van der Waals surface area contributed by atoms with E-state index in [1.165, 1.54) is 0 Å². The van der Waals surface area contributed by atoms with E-state index in [0.717, 1.165) is 38.3 Å². The van der Waals surface area contributed by atoms with Gasteiger partial charge >= 0.3 is 11.7 Å². The summed E-state index contributed by atoms with van der Waals surface area (Å²) < 4.78 is 0. The van der Waals surface area contributed by atoms with Crippen molar-refractivity contribution in [3.63, 3.8) is 0 Å². The quantitative estimate of drug-likeness (QED) is 0.480. The maximum Gasteiger partial charge on any atom is 0.329 e. The maximum atomic E-state index is 11.3. The fraction of sp³-hybridized carbons (Fsp3) is 0.643. The Labute approximate surface area is 138 Å². The molecule has 23 heavy (non-hydrogen) atoms. The van der Waals surface area contributed by atoms with Gasteiger partial charge in [0, 0.05) is 12.1 Å². The van der Waals surface area contributed by atoms with Crippen molar-refractivity contribution >= 4 is 29.1 Å². The Kier molecular flexibility index (Phi) is 5.70. The minimum atomic E-state index is -0.957. The van der Waals surface area contributed by atoms with Gasteiger partial charge in [-0.15, -0.1) is 0 Å². The highest BCUT2D eigenvalue weighted by Crippen LogP contribution is 2.34. The van der Waals surface area contributed by atoms with E-state index >= 15 is 0 Å². The summed E-state index contributed by atoms with van der Waals surface area (Å²) in [5.41, 5.74) is -0.253. The number of anilines is 1. The van der Waals surface area contributed by atoms with E-state index in [1.54, 1.807) is 11.8 Å². The fourth-order valence-electron chi connectivity index (χ4n) is 3.12. The highest BCUT2D eigenvalue weighted by molar-refractivity contribution is 6.28. The second-order valence-corrected chi connectivity index (χ2v) is 6.09. The molecule has 9 heteroatoms. The number of carbonyl (C=O) groups is 1. The lowest BCUT2D eigenvalue weighted by atomic mass is 9.92. The lowest BCUT2D eigenvalue weighted by molar-refractivity contribution is -0.384. The molecule has 2 rings (SSSR count). The number of hydrogen-bond donors (Lipinski definition) is 1. The predicted molar refractivity (Wildman–Crippen MR) is 84.8 cm³/mol. The number of carboxylic acid groups (broad SMARTS) is 1. The second kappa shape index (κ2) is 7.54. The summed E-state index contributed by atoms with van der Waals surface area (Å²) in [5, 5.41) is 20.3. The highest BCUT2D eigenvalue weighted by atomic mass is 35.5. The molecule has 0 radical (unpaired) electrons. The van der Waals surface area contributed by atoms with Gasteiger partial charge < -0.3 is 10.0 Å². The van der Waals surface area contributed by atoms with Gasteiger partial charge in [0.1, 0.15) is 6.20 Å². The number of hydrogen-bond acceptors (Lipinski definition) is 6. The molecular weight excluding hydrogens is 324 g/mol. The Morgan fingerprint density at radius 1 is 1.52 bits per heavy atom. The average molecular weight is 343 g/mol. The molecule has 0 aliphatic heterocycles. The Balaban J connectivity index is 2.45. The molecule has 1 atom stereocenters. The van der Waals surface area contributed by atoms with Gasteiger partial charge in [-0.1, -0.05) is 19.3 Å². The van der Waals surface area contributed by atoms with Crippen LogP contribution in [0.1, 0.15) is 45.4 Å². The van der Waals surface area contributed by atoms with E-state index in [-0.39, 0.29) is 29.3 Å². The summed E-state index contributed by atoms with van der Waals surface area (Å²) in [4.78, 5) is 31.3. The average Bonchev–Trinajstić information content (AvgIpc) is 2.47. The number of aliphatic carboxylic acids is 1. The summed E-state index contributed by atoms with van der Waals surface area (Å²) in [6.07, 6.45) is 5.78. The number of halogens is 1. The zero-order chi connectivity index (χ0) is 17.0. The number of carboxylic acids is 1. The van der Waals surface area contributed by atoms with Crippen molar-refractivity contribution in [2.45, 2.75) is 57.5 Å². The Morgan fingerprint density at radius 2 is 2.17 bits per heavy atom. The van der Waals surface area contributed by atoms with Gasteiger partial charge in [0.05, 0.1) is 11.3 Å². The van der Waals surface area contributed by atoms with Crippen LogP contribution in [0.5, 0.6) is 0 Å². The first-order valence-corrected chi connectivity index (χ1v) is 7.95. The Morgan fingerprint density at radius 3 is 2.74 bits per heavy atom. The van der Waals surface area contributed by atoms with Crippen LogP contribution in [-0.4, -0.2) is 38.1 Å². The molecule has 1 unspecified atom stereocenters. The summed E-state index contributed by atoms with van der Waals surface area (Å²) in [5.74, 6) is -0.850. The number of aromatic nitrogens is 2. The normalized spacial score (nSPS) is 16.8. The number of nitro groups is 1. The van der Waals surface area contributed by atoms with Gasteiger partial charge in [0.25, 0.3) is 0 Å². The highest BCUT2D eigenvalue weighted by Gasteiger charge is 2.33. The molecule has 0 bridgehead atoms. The number of rotatable bonds is 6. The van der Waals surface area contributed by atoms with E-state index in [9.17, 15) is 14.9 Å². The van der Waals surface area contributed by atoms with Crippen molar-refractivity contribution < 1.29 is 14.8 Å². The molecule has 1 N–H and O–H groups in total. The van der Waals surface area contributed by atoms with Crippen LogP contribution in [0.3, 0.4) is 0 Å². The number of nitrogens with zero attached hydrogens (tertiary/aromatic N) is 4. The van der Waals surface area contributed by atoms with Crippen LogP contribution >= 0.6 is 11.6 Å². The summed E-state index contributed by atoms with van der Waals surface area (Å²) in [6.45, 7) is 1.74. The van der Waals surface area contributed by atoms with Crippen molar-refractivity contribution in [3.05, 3.63) is 21.6 Å². The van der Waals surface area contributed by atoms with Crippen LogP contribution < -0.4 is 4.90 Å². The van der Waals surface area contributed by atoms with Crippen molar-refractivity contribution in [1.29, 1.82) is 0 Å². The Hall–Kier alpha value is -1.96. The third-order valence-corrected chi connectivity index (χ3v) is 4.26. The minimum absolute atomic E-state index is 0.0165. The molecule has 1 saturated carbocycles. The third-order valence-electron chi connectivity index (χ3n) is 4.07. The fourth-order valence-corrected chi connectivity index (χ4v) is 3.25. The van der Waals surface area contributed by atoms with Crippen LogP contribution in [0.2, 0.25) is 5.28 Å². The molecule has 1 aromatic rings. The van der Waals surface area contributed by atoms with Crippen molar-refractivity contribution in [3.8, 4) is 0 Å². The van der Waals surface area contributed by atoms with E-state index in [4.69, 9.17) is 16.7 Å². The van der Waals surface area contributed by atoms with Crippen LogP contribution in [0.4, 0.5) is 11.5 Å². The van der Waals surface area contributed by atoms with Crippen molar-refractivity contribution in [1.82, 2.24) is 9.97 Å². The molecule has 8 nitrogen and oxygen atoms in total. The first kappa shape index (κ1) is 17.4. The zero-order valence-corrected chi connectivity index (χ0v) is 13.6. The molecule has 1 heterocycles. The second-order valence-electron chi connectivity index (χ2n) is 5.75. The summed E-state index contributed by atoms with van der Waals surface area (Å²) in [7, 11) is 0. The third kappa shape index (κ3) is 4.28. The molecule has 1 fully saturated rings. The van der Waals surface area contributed by atoms with Gasteiger partial charge in [-0.05, 0) is 31.4 Å². The first-order valence-electron chi connectivity index (χ1n) is 7.57. The zero-order valence-electron chi connectivity index (χ0n) is 12.8. The van der Waals surface area contributed by atoms with Crippen molar-refractivity contribution in [2.24, 2.45) is 0 Å². The maximum absolute atomic E-state index is 11.3. The first-order chi connectivity index (χ1) is 10.9. The smallest absolute Gasteiger partial charge is 0.329 e. The summed E-state index contributed by atoms with van der Waals surface area (Å²) >= 11 is 5.83. The topological polar surface area (TPSA) is 109 Å². The molecule has 1 aliphatic rings. The van der Waals surface area contributed by atoms with Gasteiger partial charge in [-0.2, -0.15) is 4.98 Å². The van der Waals surface area contributed by atoms with Gasteiger partial charge in [0.15, 0.2) is 0 Å². The largest absolute Gasteiger partial charge is 0.481 e. The van der Waals surface area contributed by atoms with E-state index in [0.29, 0.717) is 0 Å². The molecule has 0 aromatic carbocycles. The minimum Gasteiger partial charge on any atom is -0.481 e. The lowest BCUT2D eigenvalue weighted by Gasteiger charge is -2.38. The van der Waals surface area contributed by atoms with Crippen molar-refractivity contribution in [2.75, 3.05) is 4.90 Å². The molecule has 0 spiro atoms. The van der Waals surface area contributed by atoms with E-state index in [1.807, 2.05) is 0 Å². The van der Waals surface area contributed by atoms with Gasteiger partial charge in [-0.25, -0.2) is 4.98 Å². The summed E-state index contributed by atoms with van der Waals surface area (Å²) in [6, 6.07) is -0.414. The molecule has 0 saturated heterocycles. The van der Waals surface area contributed by atoms with Crippen LogP contribution in [0.25, 0.3) is 0 Å². The molecular formula is C14H19ClN4O4. The molecule has 1 aliphatic carbocycles. The van der Waals surface area contributed by atoms with Crippen LogP contribution in [0, 0.1) is 10.1 Å². The molecule has 126 valence electrons. The monoisotopic (exact) mass is 342 g/mol. The van der Waals surface area contributed by atoms with Gasteiger partial charge in [0.2, 0.25) is 11.1 Å². The van der Waals surface area contributed by atoms with E-state index < -0.39 is 16.9 Å². The molecule has 1 aromatic heterocycles. The van der Waals surface area contributed by atoms with E-state index in [2.05, 4.69) is 9.97 Å². The standard InChI is InChI=1S/C14H19ClN4O4/c1-9(7-12(20)21)18(10-5-3-2-4-6-10)13-11(19(22)23)8-16-14(15)17-13/h8-10H,2-7H2,1H3,(H,20,21).